The van der Waals surface area contributed by atoms with Crippen LogP contribution in [0.25, 0.3) is 5.69 Å². The second-order valence-electron chi connectivity index (χ2n) is 6.44. The van der Waals surface area contributed by atoms with E-state index in [0.717, 1.165) is 23.2 Å². The summed E-state index contributed by atoms with van der Waals surface area (Å²) in [6, 6.07) is 16.4. The number of hydrogen-bond donors (Lipinski definition) is 1. The molecule has 0 aliphatic rings. The fourth-order valence-corrected chi connectivity index (χ4v) is 3.59. The minimum absolute atomic E-state index is 0.0219. The van der Waals surface area contributed by atoms with Crippen LogP contribution in [0.1, 0.15) is 36.6 Å². The number of carbonyl (C=O) groups excluding carboxylic acids is 1. The maximum atomic E-state index is 12.4. The number of hydrogen-bond acceptors (Lipinski definition) is 4. The highest BCUT2D eigenvalue weighted by molar-refractivity contribution is 7.99. The standard InChI is InChI=1S/C21H24N4OS/c1-4-17-9-11-18(12-10-17)16(3)23-20(26)13-27-21-24-22-14-25(21)19-8-6-5-7-15(19)2/h5-12,14,16H,4,13H2,1-3H3,(H,23,26). The molecule has 1 N–H and O–H groups in total. The normalized spacial score (nSPS) is 12.0. The molecule has 1 unspecified atom stereocenters. The summed E-state index contributed by atoms with van der Waals surface area (Å²) in [5, 5.41) is 11.9. The van der Waals surface area contributed by atoms with Gasteiger partial charge in [0.1, 0.15) is 6.33 Å². The molecular weight excluding hydrogens is 356 g/mol. The number of carbonyl (C=O) groups is 1. The summed E-state index contributed by atoms with van der Waals surface area (Å²) < 4.78 is 1.92. The lowest BCUT2D eigenvalue weighted by atomic mass is 10.1. The Morgan fingerprint density at radius 2 is 1.93 bits per heavy atom. The molecule has 0 radical (unpaired) electrons. The molecule has 6 heteroatoms. The Morgan fingerprint density at radius 3 is 2.63 bits per heavy atom. The molecule has 0 fully saturated rings. The molecule has 27 heavy (non-hydrogen) atoms. The van der Waals surface area contributed by atoms with Crippen molar-refractivity contribution in [2.75, 3.05) is 5.75 Å². The van der Waals surface area contributed by atoms with E-state index in [-0.39, 0.29) is 11.9 Å². The Hall–Kier alpha value is -2.60. The van der Waals surface area contributed by atoms with Crippen LogP contribution >= 0.6 is 11.8 Å². The van der Waals surface area contributed by atoms with Gasteiger partial charge in [0.25, 0.3) is 0 Å². The molecule has 1 amide bonds. The fourth-order valence-electron chi connectivity index (χ4n) is 2.86. The summed E-state index contributed by atoms with van der Waals surface area (Å²) in [7, 11) is 0. The maximum absolute atomic E-state index is 12.4. The average Bonchev–Trinajstić information content (AvgIpc) is 3.15. The first-order valence-corrected chi connectivity index (χ1v) is 10.0. The molecular formula is C21H24N4OS. The van der Waals surface area contributed by atoms with E-state index in [0.29, 0.717) is 10.9 Å². The first-order valence-electron chi connectivity index (χ1n) is 9.05. The van der Waals surface area contributed by atoms with Gasteiger partial charge >= 0.3 is 0 Å². The number of rotatable bonds is 7. The summed E-state index contributed by atoms with van der Waals surface area (Å²) in [5.41, 5.74) is 4.56. The van der Waals surface area contributed by atoms with Crippen LogP contribution in [-0.2, 0) is 11.2 Å². The Morgan fingerprint density at radius 1 is 1.19 bits per heavy atom. The lowest BCUT2D eigenvalue weighted by molar-refractivity contribution is -0.119. The Bertz CT molecular complexity index is 905. The first kappa shape index (κ1) is 19.2. The Labute approximate surface area is 164 Å². The third kappa shape index (κ3) is 4.77. The maximum Gasteiger partial charge on any atom is 0.230 e. The summed E-state index contributed by atoms with van der Waals surface area (Å²) >= 11 is 1.39. The smallest absolute Gasteiger partial charge is 0.230 e. The second kappa shape index (κ2) is 8.86. The van der Waals surface area contributed by atoms with Crippen LogP contribution in [0.5, 0.6) is 0 Å². The predicted molar refractivity (Wildman–Crippen MR) is 109 cm³/mol. The lowest BCUT2D eigenvalue weighted by Gasteiger charge is -2.15. The SMILES string of the molecule is CCc1ccc(C(C)NC(=O)CSc2nncn2-c2ccccc2C)cc1. The van der Waals surface area contributed by atoms with Gasteiger partial charge in [0.05, 0.1) is 17.5 Å². The molecule has 1 atom stereocenters. The van der Waals surface area contributed by atoms with Gasteiger partial charge in [0.2, 0.25) is 5.91 Å². The van der Waals surface area contributed by atoms with E-state index in [9.17, 15) is 4.79 Å². The molecule has 0 saturated heterocycles. The summed E-state index contributed by atoms with van der Waals surface area (Å²) in [6.45, 7) is 6.18. The molecule has 140 valence electrons. The van der Waals surface area contributed by atoms with Crippen molar-refractivity contribution >= 4 is 17.7 Å². The van der Waals surface area contributed by atoms with Crippen LogP contribution < -0.4 is 5.32 Å². The van der Waals surface area contributed by atoms with E-state index in [2.05, 4.69) is 46.7 Å². The number of nitrogens with one attached hydrogen (secondary N) is 1. The van der Waals surface area contributed by atoms with Crippen molar-refractivity contribution in [1.82, 2.24) is 20.1 Å². The van der Waals surface area contributed by atoms with Crippen LogP contribution in [0.2, 0.25) is 0 Å². The molecule has 1 aromatic heterocycles. The molecule has 5 nitrogen and oxygen atoms in total. The van der Waals surface area contributed by atoms with Crippen LogP contribution in [0.4, 0.5) is 0 Å². The van der Waals surface area contributed by atoms with Crippen LogP contribution in [-0.4, -0.2) is 26.4 Å². The van der Waals surface area contributed by atoms with Gasteiger partial charge in [0.15, 0.2) is 5.16 Å². The topological polar surface area (TPSA) is 59.8 Å². The zero-order chi connectivity index (χ0) is 19.2. The van der Waals surface area contributed by atoms with Crippen molar-refractivity contribution in [3.05, 3.63) is 71.5 Å². The van der Waals surface area contributed by atoms with Gasteiger partial charge in [-0.1, -0.05) is 61.2 Å². The highest BCUT2D eigenvalue weighted by Gasteiger charge is 2.13. The summed E-state index contributed by atoms with van der Waals surface area (Å²) in [4.78, 5) is 12.4. The monoisotopic (exact) mass is 380 g/mol. The van der Waals surface area contributed by atoms with E-state index in [4.69, 9.17) is 0 Å². The molecule has 0 saturated carbocycles. The molecule has 0 bridgehead atoms. The van der Waals surface area contributed by atoms with Crippen LogP contribution in [0.15, 0.2) is 60.0 Å². The number of nitrogens with zero attached hydrogens (tertiary/aromatic N) is 3. The second-order valence-corrected chi connectivity index (χ2v) is 7.39. The summed E-state index contributed by atoms with van der Waals surface area (Å²) in [5.74, 6) is 0.272. The zero-order valence-corrected chi connectivity index (χ0v) is 16.7. The predicted octanol–water partition coefficient (Wildman–Crippen LogP) is 4.11. The van der Waals surface area contributed by atoms with Crippen LogP contribution in [0.3, 0.4) is 0 Å². The van der Waals surface area contributed by atoms with Crippen LogP contribution in [0, 0.1) is 6.92 Å². The minimum Gasteiger partial charge on any atom is -0.349 e. The third-order valence-corrected chi connectivity index (χ3v) is 5.43. The molecule has 0 aliphatic heterocycles. The van der Waals surface area contributed by atoms with Gasteiger partial charge in [-0.05, 0) is 43.0 Å². The largest absolute Gasteiger partial charge is 0.349 e. The number of aryl methyl sites for hydroxylation is 2. The van der Waals surface area contributed by atoms with E-state index in [1.165, 1.54) is 17.3 Å². The highest BCUT2D eigenvalue weighted by Crippen LogP contribution is 2.22. The lowest BCUT2D eigenvalue weighted by Crippen LogP contribution is -2.28. The van der Waals surface area contributed by atoms with E-state index in [1.807, 2.05) is 42.7 Å². The molecule has 2 aromatic carbocycles. The van der Waals surface area contributed by atoms with Crippen molar-refractivity contribution in [3.63, 3.8) is 0 Å². The quantitative estimate of drug-likeness (QED) is 0.627. The van der Waals surface area contributed by atoms with Crippen molar-refractivity contribution in [2.45, 2.75) is 38.4 Å². The minimum atomic E-state index is -0.0294. The number of thioether (sulfide) groups is 1. The Kier molecular flexibility index (Phi) is 6.29. The Balaban J connectivity index is 1.60. The number of benzene rings is 2. The number of para-hydroxylation sites is 1. The van der Waals surface area contributed by atoms with Crippen molar-refractivity contribution in [3.8, 4) is 5.69 Å². The number of amides is 1. The molecule has 3 aromatic rings. The van der Waals surface area contributed by atoms with Crippen molar-refractivity contribution < 1.29 is 4.79 Å². The molecule has 3 rings (SSSR count). The number of aromatic nitrogens is 3. The fraction of sp³-hybridized carbons (Fsp3) is 0.286. The van der Waals surface area contributed by atoms with Crippen molar-refractivity contribution in [1.29, 1.82) is 0 Å². The summed E-state index contributed by atoms with van der Waals surface area (Å²) in [6.07, 6.45) is 2.69. The highest BCUT2D eigenvalue weighted by atomic mass is 32.2. The third-order valence-electron chi connectivity index (χ3n) is 4.49. The molecule has 1 heterocycles. The van der Waals surface area contributed by atoms with Gasteiger partial charge < -0.3 is 5.32 Å². The van der Waals surface area contributed by atoms with Gasteiger partial charge in [0, 0.05) is 0 Å². The average molecular weight is 381 g/mol. The molecule has 0 spiro atoms. The van der Waals surface area contributed by atoms with Gasteiger partial charge in [-0.15, -0.1) is 10.2 Å². The van der Waals surface area contributed by atoms with E-state index in [1.54, 1.807) is 6.33 Å². The van der Waals surface area contributed by atoms with E-state index < -0.39 is 0 Å². The zero-order valence-electron chi connectivity index (χ0n) is 15.8. The first-order chi connectivity index (χ1) is 13.1. The van der Waals surface area contributed by atoms with Gasteiger partial charge in [-0.3, -0.25) is 9.36 Å². The molecule has 0 aliphatic carbocycles. The van der Waals surface area contributed by atoms with Gasteiger partial charge in [-0.2, -0.15) is 0 Å². The van der Waals surface area contributed by atoms with Gasteiger partial charge in [-0.25, -0.2) is 0 Å². The van der Waals surface area contributed by atoms with Crippen molar-refractivity contribution in [2.24, 2.45) is 0 Å². The van der Waals surface area contributed by atoms with E-state index >= 15 is 0 Å².